The third kappa shape index (κ3) is 1.90. The van der Waals surface area contributed by atoms with Crippen LogP contribution in [0, 0.1) is 34.5 Å². The minimum Gasteiger partial charge on any atom is -0.192 e. The maximum Gasteiger partial charge on any atom is 0.129 e. The van der Waals surface area contributed by atoms with Crippen LogP contribution in [0.1, 0.15) is 44.9 Å². The zero-order valence-corrected chi connectivity index (χ0v) is 9.00. The zero-order valence-electron chi connectivity index (χ0n) is 9.00. The minimum atomic E-state index is 0.409. The van der Waals surface area contributed by atoms with Crippen LogP contribution >= 0.6 is 0 Å². The van der Waals surface area contributed by atoms with Crippen molar-refractivity contribution >= 4 is 0 Å². The summed E-state index contributed by atoms with van der Waals surface area (Å²) in [4.78, 5) is 0. The van der Waals surface area contributed by atoms with Crippen molar-refractivity contribution in [2.75, 3.05) is 0 Å². The molecular formula is C13H16N2. The van der Waals surface area contributed by atoms with Gasteiger partial charge in [-0.05, 0) is 49.5 Å². The predicted octanol–water partition coefficient (Wildman–Crippen LogP) is 3.32. The molecule has 2 rings (SSSR count). The van der Waals surface area contributed by atoms with Crippen molar-refractivity contribution in [3.8, 4) is 12.1 Å². The lowest BCUT2D eigenvalue weighted by atomic mass is 9.67. The lowest BCUT2D eigenvalue weighted by Crippen LogP contribution is -2.26. The van der Waals surface area contributed by atoms with Crippen LogP contribution in [0.3, 0.4) is 0 Å². The molecule has 2 saturated carbocycles. The van der Waals surface area contributed by atoms with Crippen LogP contribution in [0.4, 0.5) is 0 Å². The van der Waals surface area contributed by atoms with Gasteiger partial charge in [0.05, 0.1) is 0 Å². The first kappa shape index (κ1) is 10.2. The second-order valence-corrected chi connectivity index (χ2v) is 4.67. The molecule has 0 bridgehead atoms. The van der Waals surface area contributed by atoms with Gasteiger partial charge in [-0.1, -0.05) is 12.8 Å². The van der Waals surface area contributed by atoms with E-state index in [1.807, 2.05) is 0 Å². The fraction of sp³-hybridized carbons (Fsp3) is 0.692. The fourth-order valence-corrected chi connectivity index (χ4v) is 3.23. The Balaban J connectivity index is 2.29. The molecule has 2 aliphatic carbocycles. The summed E-state index contributed by atoms with van der Waals surface area (Å²) < 4.78 is 0. The van der Waals surface area contributed by atoms with Gasteiger partial charge in [0.2, 0.25) is 0 Å². The van der Waals surface area contributed by atoms with Crippen LogP contribution in [0.2, 0.25) is 0 Å². The zero-order chi connectivity index (χ0) is 10.7. The second kappa shape index (κ2) is 4.49. The van der Waals surface area contributed by atoms with Gasteiger partial charge in [0.1, 0.15) is 17.7 Å². The van der Waals surface area contributed by atoms with Crippen LogP contribution < -0.4 is 0 Å². The molecule has 2 aliphatic rings. The molecule has 0 spiro atoms. The van der Waals surface area contributed by atoms with Crippen LogP contribution in [-0.2, 0) is 0 Å². The molecule has 0 aromatic rings. The first-order chi connectivity index (χ1) is 7.36. The molecule has 0 saturated heterocycles. The van der Waals surface area contributed by atoms with Crippen LogP contribution in [0.5, 0.6) is 0 Å². The van der Waals surface area contributed by atoms with E-state index in [1.165, 1.54) is 44.1 Å². The molecule has 0 amide bonds. The van der Waals surface area contributed by atoms with E-state index < -0.39 is 0 Å². The maximum absolute atomic E-state index is 8.94. The molecule has 0 heterocycles. The topological polar surface area (TPSA) is 47.6 Å². The summed E-state index contributed by atoms with van der Waals surface area (Å²) in [6, 6.07) is 4.15. The number of rotatable bonds is 0. The Morgan fingerprint density at radius 1 is 1.00 bits per heavy atom. The number of fused-ring (bicyclic) bond motifs is 1. The van der Waals surface area contributed by atoms with Gasteiger partial charge in [-0.25, -0.2) is 0 Å². The Hall–Kier alpha value is -1.28. The van der Waals surface area contributed by atoms with Gasteiger partial charge in [-0.2, -0.15) is 10.5 Å². The minimum absolute atomic E-state index is 0.409. The summed E-state index contributed by atoms with van der Waals surface area (Å²) in [6.07, 6.45) is 8.57. The van der Waals surface area contributed by atoms with Gasteiger partial charge in [0.15, 0.2) is 0 Å². The van der Waals surface area contributed by atoms with E-state index in [2.05, 4.69) is 12.1 Å². The highest BCUT2D eigenvalue weighted by molar-refractivity contribution is 5.42. The smallest absolute Gasteiger partial charge is 0.129 e. The number of nitriles is 2. The van der Waals surface area contributed by atoms with Crippen LogP contribution in [0.15, 0.2) is 11.1 Å². The van der Waals surface area contributed by atoms with E-state index in [1.54, 1.807) is 0 Å². The largest absolute Gasteiger partial charge is 0.192 e. The molecule has 78 valence electrons. The Kier molecular flexibility index (Phi) is 3.07. The van der Waals surface area contributed by atoms with Gasteiger partial charge in [-0.15, -0.1) is 0 Å². The van der Waals surface area contributed by atoms with E-state index in [0.29, 0.717) is 11.5 Å². The van der Waals surface area contributed by atoms with Crippen molar-refractivity contribution in [1.82, 2.24) is 0 Å². The molecule has 0 aliphatic heterocycles. The van der Waals surface area contributed by atoms with E-state index >= 15 is 0 Å². The number of hydrogen-bond donors (Lipinski definition) is 0. The molecule has 2 nitrogen and oxygen atoms in total. The predicted molar refractivity (Wildman–Crippen MR) is 57.6 cm³/mol. The fourth-order valence-electron chi connectivity index (χ4n) is 3.23. The second-order valence-electron chi connectivity index (χ2n) is 4.67. The molecule has 0 N–H and O–H groups in total. The maximum atomic E-state index is 8.94. The van der Waals surface area contributed by atoms with Crippen LogP contribution in [0.25, 0.3) is 0 Å². The molecule has 0 radical (unpaired) electrons. The summed E-state index contributed by atoms with van der Waals surface area (Å²) in [5.41, 5.74) is 1.59. The Bertz CT molecular complexity index is 336. The molecule has 0 aromatic heterocycles. The monoisotopic (exact) mass is 200 g/mol. The van der Waals surface area contributed by atoms with Crippen molar-refractivity contribution < 1.29 is 0 Å². The quantitative estimate of drug-likeness (QED) is 0.563. The van der Waals surface area contributed by atoms with Gasteiger partial charge < -0.3 is 0 Å². The number of allylic oxidation sites excluding steroid dienone is 2. The van der Waals surface area contributed by atoms with Crippen molar-refractivity contribution in [3.63, 3.8) is 0 Å². The summed E-state index contributed by atoms with van der Waals surface area (Å²) in [5.74, 6) is 1.32. The third-order valence-corrected chi connectivity index (χ3v) is 3.92. The SMILES string of the molecule is N#CC(C#N)=C1CCC[C@H]2CCCC[C@H]12. The number of hydrogen-bond acceptors (Lipinski definition) is 2. The lowest BCUT2D eigenvalue weighted by molar-refractivity contribution is 0.222. The third-order valence-electron chi connectivity index (χ3n) is 3.92. The Labute approximate surface area is 91.2 Å². The van der Waals surface area contributed by atoms with E-state index in [-0.39, 0.29) is 0 Å². The van der Waals surface area contributed by atoms with E-state index in [9.17, 15) is 0 Å². The van der Waals surface area contributed by atoms with Crippen molar-refractivity contribution in [2.24, 2.45) is 11.8 Å². The molecule has 0 unspecified atom stereocenters. The van der Waals surface area contributed by atoms with E-state index in [4.69, 9.17) is 10.5 Å². The summed E-state index contributed by atoms with van der Waals surface area (Å²) in [7, 11) is 0. The standard InChI is InChI=1S/C13H16N2/c14-8-11(9-15)13-7-3-5-10-4-1-2-6-12(10)13/h10,12H,1-7H2/t10-,12+/m1/s1. The van der Waals surface area contributed by atoms with Gasteiger partial charge in [0, 0.05) is 0 Å². The Morgan fingerprint density at radius 3 is 2.40 bits per heavy atom. The first-order valence-electron chi connectivity index (χ1n) is 5.90. The highest BCUT2D eigenvalue weighted by atomic mass is 14.4. The lowest BCUT2D eigenvalue weighted by Gasteiger charge is -2.37. The number of nitrogens with zero attached hydrogens (tertiary/aromatic N) is 2. The van der Waals surface area contributed by atoms with Gasteiger partial charge >= 0.3 is 0 Å². The normalized spacial score (nSPS) is 29.9. The average molecular weight is 200 g/mol. The van der Waals surface area contributed by atoms with Crippen molar-refractivity contribution in [1.29, 1.82) is 10.5 Å². The molecular weight excluding hydrogens is 184 g/mol. The molecule has 15 heavy (non-hydrogen) atoms. The highest BCUT2D eigenvalue weighted by Gasteiger charge is 2.32. The van der Waals surface area contributed by atoms with Crippen molar-refractivity contribution in [3.05, 3.63) is 11.1 Å². The summed E-state index contributed by atoms with van der Waals surface area (Å²) in [5, 5.41) is 17.9. The molecule has 2 fully saturated rings. The van der Waals surface area contributed by atoms with Crippen molar-refractivity contribution in [2.45, 2.75) is 44.9 Å². The molecule has 2 heteroatoms. The van der Waals surface area contributed by atoms with Gasteiger partial charge in [0.25, 0.3) is 0 Å². The van der Waals surface area contributed by atoms with Crippen LogP contribution in [-0.4, -0.2) is 0 Å². The average Bonchev–Trinajstić information content (AvgIpc) is 2.31. The Morgan fingerprint density at radius 2 is 1.67 bits per heavy atom. The van der Waals surface area contributed by atoms with E-state index in [0.717, 1.165) is 12.3 Å². The van der Waals surface area contributed by atoms with Gasteiger partial charge in [-0.3, -0.25) is 0 Å². The highest BCUT2D eigenvalue weighted by Crippen LogP contribution is 2.44. The summed E-state index contributed by atoms with van der Waals surface area (Å²) in [6.45, 7) is 0. The molecule has 0 aromatic carbocycles. The summed E-state index contributed by atoms with van der Waals surface area (Å²) >= 11 is 0. The first-order valence-corrected chi connectivity index (χ1v) is 5.90. The molecule has 2 atom stereocenters.